The highest BCUT2D eigenvalue weighted by molar-refractivity contribution is 5.98. The number of fused-ring (bicyclic) bond motifs is 1. The van der Waals surface area contributed by atoms with Crippen LogP contribution in [-0.2, 0) is 4.79 Å². The normalized spacial score (nSPS) is 35.3. The van der Waals surface area contributed by atoms with Crippen molar-refractivity contribution in [3.63, 3.8) is 0 Å². The molecule has 2 fully saturated rings. The van der Waals surface area contributed by atoms with Gasteiger partial charge in [0.05, 0.1) is 18.0 Å². The van der Waals surface area contributed by atoms with Crippen molar-refractivity contribution in [2.75, 3.05) is 11.9 Å². The van der Waals surface area contributed by atoms with Crippen LogP contribution >= 0.6 is 0 Å². The van der Waals surface area contributed by atoms with Gasteiger partial charge in [0.15, 0.2) is 0 Å². The first kappa shape index (κ1) is 12.7. The third kappa shape index (κ3) is 2.08. The van der Waals surface area contributed by atoms with E-state index in [0.717, 1.165) is 18.5 Å². The average molecular weight is 262 g/mol. The quantitative estimate of drug-likeness (QED) is 0.890. The summed E-state index contributed by atoms with van der Waals surface area (Å²) >= 11 is 0. The van der Waals surface area contributed by atoms with E-state index in [9.17, 15) is 4.79 Å². The third-order valence-corrected chi connectivity index (χ3v) is 4.79. The lowest BCUT2D eigenvalue weighted by atomic mass is 9.90. The molecule has 4 heteroatoms. The number of hydrogen-bond acceptors (Lipinski definition) is 3. The summed E-state index contributed by atoms with van der Waals surface area (Å²) in [5.41, 5.74) is 0.913. The van der Waals surface area contributed by atoms with Gasteiger partial charge in [-0.05, 0) is 38.1 Å². The third-order valence-electron chi connectivity index (χ3n) is 4.79. The van der Waals surface area contributed by atoms with E-state index in [1.807, 2.05) is 18.0 Å². The Kier molecular flexibility index (Phi) is 3.35. The number of anilines is 1. The molecule has 0 aromatic carbocycles. The molecule has 1 N–H and O–H groups in total. The molecule has 1 aromatic heterocycles. The predicted molar refractivity (Wildman–Crippen MR) is 74.0 cm³/mol. The summed E-state index contributed by atoms with van der Waals surface area (Å²) in [5.74, 6) is 1.22. The molecule has 2 heterocycles. The first-order chi connectivity index (χ1) is 9.22. The van der Waals surface area contributed by atoms with Gasteiger partial charge in [0.25, 0.3) is 0 Å². The fourth-order valence-corrected chi connectivity index (χ4v) is 3.92. The number of rotatable bonds is 2. The maximum atomic E-state index is 12.8. The van der Waals surface area contributed by atoms with Crippen LogP contribution in [0.25, 0.3) is 0 Å². The molecule has 0 spiro atoms. The fraction of sp³-hybridized carbons (Fsp3) is 0.667. The van der Waals surface area contributed by atoms with Gasteiger partial charge in [-0.2, -0.15) is 0 Å². The van der Waals surface area contributed by atoms with Gasteiger partial charge in [0.1, 0.15) is 6.26 Å². The number of carbonyl (C=O) groups excluding carboxylic acids is 1. The van der Waals surface area contributed by atoms with Crippen LogP contribution in [0.1, 0.15) is 32.6 Å². The van der Waals surface area contributed by atoms with Crippen molar-refractivity contribution in [3.8, 4) is 0 Å². The summed E-state index contributed by atoms with van der Waals surface area (Å²) < 4.78 is 5.19. The number of amides is 1. The van der Waals surface area contributed by atoms with Gasteiger partial charge in [0, 0.05) is 12.1 Å². The minimum atomic E-state index is -0.0829. The van der Waals surface area contributed by atoms with Gasteiger partial charge >= 0.3 is 0 Å². The Hall–Kier alpha value is -1.29. The molecule has 1 aromatic rings. The van der Waals surface area contributed by atoms with Gasteiger partial charge in [-0.1, -0.05) is 13.3 Å². The van der Waals surface area contributed by atoms with Crippen LogP contribution in [0.15, 0.2) is 23.0 Å². The zero-order chi connectivity index (χ0) is 13.4. The minimum absolute atomic E-state index is 0.0829. The van der Waals surface area contributed by atoms with Gasteiger partial charge in [-0.15, -0.1) is 0 Å². The predicted octanol–water partition coefficient (Wildman–Crippen LogP) is 2.41. The molecular formula is C15H22N2O2. The summed E-state index contributed by atoms with van der Waals surface area (Å²) in [5, 5.41) is 3.20. The van der Waals surface area contributed by atoms with Crippen LogP contribution in [0.5, 0.6) is 0 Å². The van der Waals surface area contributed by atoms with Crippen molar-refractivity contribution < 1.29 is 9.21 Å². The van der Waals surface area contributed by atoms with E-state index in [1.165, 1.54) is 12.8 Å². The summed E-state index contributed by atoms with van der Waals surface area (Å²) in [6.45, 7) is 2.19. The Morgan fingerprint density at radius 1 is 1.42 bits per heavy atom. The lowest BCUT2D eigenvalue weighted by Crippen LogP contribution is -2.50. The molecule has 4 nitrogen and oxygen atoms in total. The number of nitrogens with one attached hydrogen (secondary N) is 1. The topological polar surface area (TPSA) is 45.5 Å². The summed E-state index contributed by atoms with van der Waals surface area (Å²) in [6.07, 6.45) is 8.06. The van der Waals surface area contributed by atoms with Crippen molar-refractivity contribution >= 4 is 11.6 Å². The van der Waals surface area contributed by atoms with Gasteiger partial charge in [0.2, 0.25) is 5.91 Å². The number of hydrogen-bond donors (Lipinski definition) is 1. The van der Waals surface area contributed by atoms with Gasteiger partial charge in [-0.25, -0.2) is 0 Å². The summed E-state index contributed by atoms with van der Waals surface area (Å²) in [7, 11) is 1.88. The molecular weight excluding hydrogens is 240 g/mol. The number of furan rings is 1. The molecule has 4 unspecified atom stereocenters. The largest absolute Gasteiger partial charge is 0.470 e. The molecule has 1 aliphatic carbocycles. The number of nitrogens with zero attached hydrogens (tertiary/aromatic N) is 1. The van der Waals surface area contributed by atoms with Crippen molar-refractivity contribution in [2.45, 2.75) is 44.7 Å². The fourth-order valence-electron chi connectivity index (χ4n) is 3.92. The first-order valence-electron chi connectivity index (χ1n) is 7.25. The molecule has 2 aliphatic rings. The maximum Gasteiger partial charge on any atom is 0.244 e. The Morgan fingerprint density at radius 3 is 2.95 bits per heavy atom. The lowest BCUT2D eigenvalue weighted by Gasteiger charge is -2.31. The summed E-state index contributed by atoms with van der Waals surface area (Å²) in [6, 6.07) is 2.17. The Morgan fingerprint density at radius 2 is 2.26 bits per heavy atom. The monoisotopic (exact) mass is 262 g/mol. The van der Waals surface area contributed by atoms with Crippen molar-refractivity contribution in [2.24, 2.45) is 11.8 Å². The van der Waals surface area contributed by atoms with Crippen LogP contribution in [0.3, 0.4) is 0 Å². The first-order valence-corrected chi connectivity index (χ1v) is 7.25. The van der Waals surface area contributed by atoms with Crippen LogP contribution in [-0.4, -0.2) is 25.0 Å². The van der Waals surface area contributed by atoms with Crippen LogP contribution < -0.4 is 10.2 Å². The molecule has 0 bridgehead atoms. The van der Waals surface area contributed by atoms with Crippen molar-refractivity contribution in [1.82, 2.24) is 5.32 Å². The van der Waals surface area contributed by atoms with E-state index in [4.69, 9.17) is 4.42 Å². The van der Waals surface area contributed by atoms with Crippen LogP contribution in [0.2, 0.25) is 0 Å². The van der Waals surface area contributed by atoms with Gasteiger partial charge < -0.3 is 14.6 Å². The minimum Gasteiger partial charge on any atom is -0.470 e. The van der Waals surface area contributed by atoms with Crippen LogP contribution in [0, 0.1) is 11.8 Å². The molecule has 4 atom stereocenters. The molecule has 104 valence electrons. The standard InChI is InChI=1S/C15H22N2O2/c1-10-8-11-4-3-5-13(11)17(12-6-7-19-9-12)15(18)14(10)16-2/h6-7,9-11,13-14,16H,3-5,8H2,1-2H3. The Balaban J connectivity index is 1.99. The number of carbonyl (C=O) groups is 1. The average Bonchev–Trinajstić information content (AvgIpc) is 3.02. The number of likely N-dealkylation sites (N-methyl/N-ethyl adjacent to an activating group) is 1. The summed E-state index contributed by atoms with van der Waals surface area (Å²) in [4.78, 5) is 14.8. The van der Waals surface area contributed by atoms with E-state index >= 15 is 0 Å². The Bertz CT molecular complexity index is 443. The highest BCUT2D eigenvalue weighted by atomic mass is 16.3. The van der Waals surface area contributed by atoms with E-state index < -0.39 is 0 Å². The lowest BCUT2D eigenvalue weighted by molar-refractivity contribution is -0.121. The molecule has 1 amide bonds. The van der Waals surface area contributed by atoms with E-state index in [1.54, 1.807) is 12.5 Å². The van der Waals surface area contributed by atoms with Crippen molar-refractivity contribution in [1.29, 1.82) is 0 Å². The van der Waals surface area contributed by atoms with Crippen LogP contribution in [0.4, 0.5) is 5.69 Å². The molecule has 19 heavy (non-hydrogen) atoms. The Labute approximate surface area is 114 Å². The van der Waals surface area contributed by atoms with E-state index in [2.05, 4.69) is 12.2 Å². The molecule has 1 saturated carbocycles. The SMILES string of the molecule is CNC1C(=O)N(c2ccoc2)C2CCCC2CC1C. The smallest absolute Gasteiger partial charge is 0.244 e. The molecule has 3 rings (SSSR count). The zero-order valence-corrected chi connectivity index (χ0v) is 11.6. The zero-order valence-electron chi connectivity index (χ0n) is 11.6. The molecule has 1 aliphatic heterocycles. The van der Waals surface area contributed by atoms with Gasteiger partial charge in [-0.3, -0.25) is 4.79 Å². The highest BCUT2D eigenvalue weighted by Gasteiger charge is 2.43. The molecule has 0 radical (unpaired) electrons. The second-order valence-corrected chi connectivity index (χ2v) is 5.93. The van der Waals surface area contributed by atoms with E-state index in [-0.39, 0.29) is 11.9 Å². The van der Waals surface area contributed by atoms with Crippen molar-refractivity contribution in [3.05, 3.63) is 18.6 Å². The van der Waals surface area contributed by atoms with E-state index in [0.29, 0.717) is 17.9 Å². The highest BCUT2D eigenvalue weighted by Crippen LogP contribution is 2.40. The second-order valence-electron chi connectivity index (χ2n) is 5.93. The second kappa shape index (κ2) is 5.00. The molecule has 1 saturated heterocycles. The maximum absolute atomic E-state index is 12.8.